The SMILES string of the molecule is CC(C)(C)n1cc(C(=O)N(CC(=O)O)C2CCOCC2)cn1. The van der Waals surface area contributed by atoms with Gasteiger partial charge in [0.05, 0.1) is 17.3 Å². The van der Waals surface area contributed by atoms with Crippen LogP contribution >= 0.6 is 0 Å². The van der Waals surface area contributed by atoms with E-state index in [4.69, 9.17) is 9.84 Å². The number of aromatic nitrogens is 2. The second kappa shape index (κ2) is 6.48. The number of carbonyl (C=O) groups excluding carboxylic acids is 1. The lowest BCUT2D eigenvalue weighted by Crippen LogP contribution is -2.46. The van der Waals surface area contributed by atoms with Crippen molar-refractivity contribution in [1.82, 2.24) is 14.7 Å². The number of carbonyl (C=O) groups is 2. The Hall–Kier alpha value is -1.89. The van der Waals surface area contributed by atoms with E-state index in [0.29, 0.717) is 31.6 Å². The van der Waals surface area contributed by atoms with Crippen LogP contribution in [0.25, 0.3) is 0 Å². The van der Waals surface area contributed by atoms with Crippen LogP contribution in [0.1, 0.15) is 44.0 Å². The summed E-state index contributed by atoms with van der Waals surface area (Å²) in [5.74, 6) is -1.30. The minimum Gasteiger partial charge on any atom is -0.480 e. The molecule has 0 spiro atoms. The standard InChI is InChI=1S/C15H23N3O4/c1-15(2,3)18-9-11(8-16-18)14(21)17(10-13(19)20)12-4-6-22-7-5-12/h8-9,12H,4-7,10H2,1-3H3,(H,19,20). The summed E-state index contributed by atoms with van der Waals surface area (Å²) in [5.41, 5.74) is 0.192. The van der Waals surface area contributed by atoms with E-state index < -0.39 is 5.97 Å². The Morgan fingerprint density at radius 3 is 2.55 bits per heavy atom. The molecule has 122 valence electrons. The molecule has 0 radical (unpaired) electrons. The summed E-state index contributed by atoms with van der Waals surface area (Å²) in [6, 6.07) is -0.102. The summed E-state index contributed by atoms with van der Waals surface area (Å²) >= 11 is 0. The van der Waals surface area contributed by atoms with Crippen molar-refractivity contribution in [3.8, 4) is 0 Å². The number of rotatable bonds is 4. The number of nitrogens with zero attached hydrogens (tertiary/aromatic N) is 3. The maximum Gasteiger partial charge on any atom is 0.323 e. The number of hydrogen-bond acceptors (Lipinski definition) is 4. The number of amides is 1. The van der Waals surface area contributed by atoms with Gasteiger partial charge >= 0.3 is 5.97 Å². The second-order valence-electron chi connectivity index (χ2n) is 6.51. The highest BCUT2D eigenvalue weighted by Crippen LogP contribution is 2.19. The molecular formula is C15H23N3O4. The topological polar surface area (TPSA) is 84.7 Å². The molecule has 1 amide bonds. The van der Waals surface area contributed by atoms with Gasteiger partial charge in [-0.3, -0.25) is 14.3 Å². The molecule has 2 heterocycles. The molecule has 0 saturated carbocycles. The fourth-order valence-electron chi connectivity index (χ4n) is 2.48. The third kappa shape index (κ3) is 3.85. The molecule has 7 nitrogen and oxygen atoms in total. The monoisotopic (exact) mass is 309 g/mol. The van der Waals surface area contributed by atoms with Gasteiger partial charge in [-0.25, -0.2) is 0 Å². The Morgan fingerprint density at radius 2 is 2.05 bits per heavy atom. The Bertz CT molecular complexity index is 541. The normalized spacial score (nSPS) is 16.5. The molecule has 1 saturated heterocycles. The van der Waals surface area contributed by atoms with Crippen LogP contribution in [0.15, 0.2) is 12.4 Å². The molecule has 1 aliphatic rings. The van der Waals surface area contributed by atoms with Crippen LogP contribution in [0, 0.1) is 0 Å². The van der Waals surface area contributed by atoms with Crippen LogP contribution in [0.5, 0.6) is 0 Å². The van der Waals surface area contributed by atoms with Crippen LogP contribution in [0.2, 0.25) is 0 Å². The summed E-state index contributed by atoms with van der Waals surface area (Å²) in [5, 5.41) is 13.3. The van der Waals surface area contributed by atoms with Crippen molar-refractivity contribution in [2.45, 2.75) is 45.2 Å². The molecule has 0 aromatic carbocycles. The van der Waals surface area contributed by atoms with Crippen molar-refractivity contribution in [2.24, 2.45) is 0 Å². The molecule has 0 aliphatic carbocycles. The average molecular weight is 309 g/mol. The first kappa shape index (κ1) is 16.5. The van der Waals surface area contributed by atoms with E-state index in [1.165, 1.54) is 11.1 Å². The highest BCUT2D eigenvalue weighted by Gasteiger charge is 2.29. The number of hydrogen-bond donors (Lipinski definition) is 1. The van der Waals surface area contributed by atoms with Gasteiger partial charge in [0, 0.05) is 25.5 Å². The van der Waals surface area contributed by atoms with Gasteiger partial charge in [-0.05, 0) is 33.6 Å². The summed E-state index contributed by atoms with van der Waals surface area (Å²) in [6.07, 6.45) is 4.50. The van der Waals surface area contributed by atoms with E-state index in [0.717, 1.165) is 0 Å². The molecule has 0 atom stereocenters. The molecule has 1 aliphatic heterocycles. The van der Waals surface area contributed by atoms with Gasteiger partial charge in [0.15, 0.2) is 0 Å². The lowest BCUT2D eigenvalue weighted by atomic mass is 10.1. The van der Waals surface area contributed by atoms with Gasteiger partial charge in [-0.1, -0.05) is 0 Å². The van der Waals surface area contributed by atoms with E-state index in [1.54, 1.807) is 10.9 Å². The Morgan fingerprint density at radius 1 is 1.41 bits per heavy atom. The van der Waals surface area contributed by atoms with Crippen molar-refractivity contribution in [1.29, 1.82) is 0 Å². The van der Waals surface area contributed by atoms with E-state index in [9.17, 15) is 9.59 Å². The lowest BCUT2D eigenvalue weighted by Gasteiger charge is -2.33. The first-order valence-electron chi connectivity index (χ1n) is 7.44. The Labute approximate surface area is 129 Å². The zero-order chi connectivity index (χ0) is 16.3. The van der Waals surface area contributed by atoms with Crippen molar-refractivity contribution in [3.63, 3.8) is 0 Å². The van der Waals surface area contributed by atoms with E-state index in [1.807, 2.05) is 20.8 Å². The highest BCUT2D eigenvalue weighted by molar-refractivity contribution is 5.95. The summed E-state index contributed by atoms with van der Waals surface area (Å²) in [6.45, 7) is 6.76. The Balaban J connectivity index is 2.20. The minimum atomic E-state index is -1.01. The molecule has 1 aromatic heterocycles. The highest BCUT2D eigenvalue weighted by atomic mass is 16.5. The molecular weight excluding hydrogens is 286 g/mol. The first-order valence-corrected chi connectivity index (χ1v) is 7.44. The van der Waals surface area contributed by atoms with E-state index in [-0.39, 0.29) is 24.0 Å². The second-order valence-corrected chi connectivity index (χ2v) is 6.51. The maximum atomic E-state index is 12.7. The van der Waals surface area contributed by atoms with Crippen molar-refractivity contribution >= 4 is 11.9 Å². The van der Waals surface area contributed by atoms with Crippen LogP contribution in [-0.2, 0) is 15.1 Å². The fraction of sp³-hybridized carbons (Fsp3) is 0.667. The van der Waals surface area contributed by atoms with Gasteiger partial charge in [-0.2, -0.15) is 5.10 Å². The van der Waals surface area contributed by atoms with E-state index >= 15 is 0 Å². The number of aliphatic carboxylic acids is 1. The van der Waals surface area contributed by atoms with Crippen LogP contribution in [0.4, 0.5) is 0 Å². The maximum absolute atomic E-state index is 12.7. The predicted molar refractivity (Wildman–Crippen MR) is 79.7 cm³/mol. The summed E-state index contributed by atoms with van der Waals surface area (Å²) in [7, 11) is 0. The quantitative estimate of drug-likeness (QED) is 0.907. The van der Waals surface area contributed by atoms with Gasteiger partial charge < -0.3 is 14.7 Å². The zero-order valence-electron chi connectivity index (χ0n) is 13.3. The predicted octanol–water partition coefficient (Wildman–Crippen LogP) is 1.34. The van der Waals surface area contributed by atoms with Crippen LogP contribution < -0.4 is 0 Å². The molecule has 7 heteroatoms. The fourth-order valence-corrected chi connectivity index (χ4v) is 2.48. The largest absolute Gasteiger partial charge is 0.480 e. The number of carboxylic acid groups (broad SMARTS) is 1. The zero-order valence-corrected chi connectivity index (χ0v) is 13.3. The van der Waals surface area contributed by atoms with Crippen molar-refractivity contribution < 1.29 is 19.4 Å². The van der Waals surface area contributed by atoms with E-state index in [2.05, 4.69) is 5.10 Å². The Kier molecular flexibility index (Phi) is 4.85. The van der Waals surface area contributed by atoms with Crippen molar-refractivity contribution in [2.75, 3.05) is 19.8 Å². The van der Waals surface area contributed by atoms with Gasteiger partial charge in [0.2, 0.25) is 0 Å². The molecule has 0 bridgehead atoms. The molecule has 1 N–H and O–H groups in total. The molecule has 0 unspecified atom stereocenters. The van der Waals surface area contributed by atoms with Crippen LogP contribution in [-0.4, -0.2) is 57.5 Å². The molecule has 2 rings (SSSR count). The third-order valence-corrected chi connectivity index (χ3v) is 3.71. The lowest BCUT2D eigenvalue weighted by molar-refractivity contribution is -0.138. The molecule has 22 heavy (non-hydrogen) atoms. The summed E-state index contributed by atoms with van der Waals surface area (Å²) in [4.78, 5) is 25.2. The number of ether oxygens (including phenoxy) is 1. The van der Waals surface area contributed by atoms with Crippen molar-refractivity contribution in [3.05, 3.63) is 18.0 Å². The smallest absolute Gasteiger partial charge is 0.323 e. The third-order valence-electron chi connectivity index (χ3n) is 3.71. The average Bonchev–Trinajstić information content (AvgIpc) is 2.94. The molecule has 1 aromatic rings. The number of carboxylic acids is 1. The van der Waals surface area contributed by atoms with Gasteiger partial charge in [-0.15, -0.1) is 0 Å². The molecule has 1 fully saturated rings. The van der Waals surface area contributed by atoms with Crippen LogP contribution in [0.3, 0.4) is 0 Å². The minimum absolute atomic E-state index is 0.102. The summed E-state index contributed by atoms with van der Waals surface area (Å²) < 4.78 is 7.00. The van der Waals surface area contributed by atoms with Gasteiger partial charge in [0.1, 0.15) is 6.54 Å². The van der Waals surface area contributed by atoms with Gasteiger partial charge in [0.25, 0.3) is 5.91 Å². The first-order chi connectivity index (χ1) is 10.3.